The van der Waals surface area contributed by atoms with E-state index in [9.17, 15) is 9.18 Å². The Morgan fingerprint density at radius 3 is 2.70 bits per heavy atom. The molecule has 0 fully saturated rings. The highest BCUT2D eigenvalue weighted by Gasteiger charge is 2.15. The van der Waals surface area contributed by atoms with Gasteiger partial charge in [-0.3, -0.25) is 4.79 Å². The molecule has 2 aromatic carbocycles. The largest absolute Gasteiger partial charge is 0.399 e. The molecule has 6 heteroatoms. The van der Waals surface area contributed by atoms with Gasteiger partial charge in [-0.1, -0.05) is 11.6 Å². The molecule has 3 N–H and O–H groups in total. The lowest BCUT2D eigenvalue weighted by molar-refractivity contribution is 0.102. The predicted octanol–water partition coefficient (Wildman–Crippen LogP) is 4.23. The Bertz CT molecular complexity index is 691. The maximum Gasteiger partial charge on any atom is 0.258 e. The third-order valence-electron chi connectivity index (χ3n) is 2.70. The second-order valence-corrected chi connectivity index (χ2v) is 5.88. The molecule has 3 nitrogen and oxygen atoms in total. The summed E-state index contributed by atoms with van der Waals surface area (Å²) in [6, 6.07) is 7.83. The van der Waals surface area contributed by atoms with Crippen molar-refractivity contribution in [1.29, 1.82) is 0 Å². The van der Waals surface area contributed by atoms with Gasteiger partial charge in [-0.05, 0) is 65.4 Å². The number of carbonyl (C=O) groups excluding carboxylic acids is 1. The third kappa shape index (κ3) is 3.21. The zero-order valence-electron chi connectivity index (χ0n) is 10.5. The Balaban J connectivity index is 2.33. The van der Waals surface area contributed by atoms with Crippen LogP contribution in [0.3, 0.4) is 0 Å². The fraction of sp³-hybridized carbons (Fsp3) is 0.0714. The summed E-state index contributed by atoms with van der Waals surface area (Å²) in [5.74, 6) is -1.11. The molecule has 0 saturated heterocycles. The van der Waals surface area contributed by atoms with Crippen LogP contribution in [0.1, 0.15) is 15.9 Å². The molecular weight excluding hydrogens is 394 g/mol. The number of nitrogens with one attached hydrogen (secondary N) is 1. The molecule has 2 aromatic rings. The minimum Gasteiger partial charge on any atom is -0.399 e. The smallest absolute Gasteiger partial charge is 0.258 e. The van der Waals surface area contributed by atoms with Crippen LogP contribution in [0.4, 0.5) is 15.8 Å². The molecule has 0 spiro atoms. The van der Waals surface area contributed by atoms with Crippen LogP contribution in [0.5, 0.6) is 0 Å². The van der Waals surface area contributed by atoms with Crippen molar-refractivity contribution in [3.8, 4) is 0 Å². The number of amides is 1. The van der Waals surface area contributed by atoms with Gasteiger partial charge in [0.25, 0.3) is 5.91 Å². The molecule has 2 rings (SSSR count). The lowest BCUT2D eigenvalue weighted by atomic mass is 10.1. The van der Waals surface area contributed by atoms with E-state index in [4.69, 9.17) is 17.3 Å². The molecule has 0 aliphatic rings. The van der Waals surface area contributed by atoms with E-state index in [0.717, 1.165) is 3.57 Å². The first-order valence-corrected chi connectivity index (χ1v) is 7.16. The fourth-order valence-corrected chi connectivity index (χ4v) is 2.75. The van der Waals surface area contributed by atoms with Crippen molar-refractivity contribution in [2.45, 2.75) is 6.92 Å². The molecule has 0 unspecified atom stereocenters. The van der Waals surface area contributed by atoms with Gasteiger partial charge in [0, 0.05) is 14.3 Å². The van der Waals surface area contributed by atoms with Crippen LogP contribution in [-0.2, 0) is 0 Å². The molecule has 1 amide bonds. The van der Waals surface area contributed by atoms with Gasteiger partial charge in [-0.2, -0.15) is 0 Å². The SMILES string of the molecule is Cc1cc(N)cc(C(=O)Nc2ccc(Cl)cc2I)c1F. The lowest BCUT2D eigenvalue weighted by Crippen LogP contribution is -2.15. The molecule has 0 radical (unpaired) electrons. The Kier molecular flexibility index (Phi) is 4.49. The first-order valence-electron chi connectivity index (χ1n) is 5.70. The average molecular weight is 405 g/mol. The van der Waals surface area contributed by atoms with Crippen molar-refractivity contribution >= 4 is 51.5 Å². The quantitative estimate of drug-likeness (QED) is 0.581. The minimum absolute atomic E-state index is 0.0757. The number of hydrogen-bond donors (Lipinski definition) is 2. The number of halogens is 3. The molecule has 0 aliphatic carbocycles. The Morgan fingerprint density at radius 2 is 2.05 bits per heavy atom. The second-order valence-electron chi connectivity index (χ2n) is 4.28. The molecule has 0 heterocycles. The standard InChI is InChI=1S/C14H11ClFIN2O/c1-7-4-9(18)6-10(13(7)16)14(20)19-12-3-2-8(15)5-11(12)17/h2-6H,18H2,1H3,(H,19,20). The van der Waals surface area contributed by atoms with Gasteiger partial charge in [0.2, 0.25) is 0 Å². The van der Waals surface area contributed by atoms with Crippen molar-refractivity contribution < 1.29 is 9.18 Å². The fourth-order valence-electron chi connectivity index (χ4n) is 1.74. The van der Waals surface area contributed by atoms with Gasteiger partial charge in [-0.15, -0.1) is 0 Å². The van der Waals surface area contributed by atoms with E-state index in [1.807, 2.05) is 22.6 Å². The lowest BCUT2D eigenvalue weighted by Gasteiger charge is -2.10. The van der Waals surface area contributed by atoms with Gasteiger partial charge >= 0.3 is 0 Å². The van der Waals surface area contributed by atoms with E-state index >= 15 is 0 Å². The van der Waals surface area contributed by atoms with Gasteiger partial charge in [0.05, 0.1) is 11.3 Å². The van der Waals surface area contributed by atoms with E-state index < -0.39 is 11.7 Å². The molecule has 20 heavy (non-hydrogen) atoms. The Hall–Kier alpha value is -1.34. The van der Waals surface area contributed by atoms with Gasteiger partial charge < -0.3 is 11.1 Å². The maximum absolute atomic E-state index is 14.0. The highest BCUT2D eigenvalue weighted by atomic mass is 127. The zero-order chi connectivity index (χ0) is 14.9. The van der Waals surface area contributed by atoms with Crippen LogP contribution in [-0.4, -0.2) is 5.91 Å². The summed E-state index contributed by atoms with van der Waals surface area (Å²) >= 11 is 7.89. The number of nitrogens with two attached hydrogens (primary N) is 1. The Labute approximate surface area is 134 Å². The first-order chi connectivity index (χ1) is 9.38. The van der Waals surface area contributed by atoms with Crippen molar-refractivity contribution in [3.63, 3.8) is 0 Å². The minimum atomic E-state index is -0.569. The van der Waals surface area contributed by atoms with E-state index in [-0.39, 0.29) is 5.56 Å². The summed E-state index contributed by atoms with van der Waals surface area (Å²) in [4.78, 5) is 12.1. The predicted molar refractivity (Wildman–Crippen MR) is 87.7 cm³/mol. The summed E-state index contributed by atoms with van der Waals surface area (Å²) in [6.07, 6.45) is 0. The number of aryl methyl sites for hydroxylation is 1. The van der Waals surface area contributed by atoms with E-state index in [0.29, 0.717) is 22.0 Å². The Morgan fingerprint density at radius 1 is 1.35 bits per heavy atom. The second kappa shape index (κ2) is 5.97. The molecule has 0 bridgehead atoms. The number of carbonyl (C=O) groups is 1. The monoisotopic (exact) mass is 404 g/mol. The number of anilines is 2. The van der Waals surface area contributed by atoms with E-state index in [1.165, 1.54) is 12.1 Å². The molecular formula is C14H11ClFIN2O. The third-order valence-corrected chi connectivity index (χ3v) is 3.83. The summed E-state index contributed by atoms with van der Waals surface area (Å²) in [6.45, 7) is 1.56. The van der Waals surface area contributed by atoms with Crippen LogP contribution in [0.25, 0.3) is 0 Å². The number of rotatable bonds is 2. The van der Waals surface area contributed by atoms with Crippen molar-refractivity contribution in [1.82, 2.24) is 0 Å². The van der Waals surface area contributed by atoms with Crippen molar-refractivity contribution in [2.24, 2.45) is 0 Å². The summed E-state index contributed by atoms with van der Waals surface area (Å²) in [5.41, 5.74) is 6.82. The van der Waals surface area contributed by atoms with E-state index in [2.05, 4.69) is 5.32 Å². The summed E-state index contributed by atoms with van der Waals surface area (Å²) in [7, 11) is 0. The van der Waals surface area contributed by atoms with Crippen molar-refractivity contribution in [3.05, 3.63) is 55.9 Å². The molecule has 0 aromatic heterocycles. The molecule has 0 aliphatic heterocycles. The van der Waals surface area contributed by atoms with E-state index in [1.54, 1.807) is 25.1 Å². The van der Waals surface area contributed by atoms with Gasteiger partial charge in [0.15, 0.2) is 0 Å². The molecule has 0 atom stereocenters. The first kappa shape index (κ1) is 15.1. The molecule has 104 valence electrons. The number of benzene rings is 2. The normalized spacial score (nSPS) is 10.4. The van der Waals surface area contributed by atoms with Gasteiger partial charge in [0.1, 0.15) is 5.82 Å². The zero-order valence-corrected chi connectivity index (χ0v) is 13.4. The molecule has 0 saturated carbocycles. The van der Waals surface area contributed by atoms with Crippen LogP contribution in [0.2, 0.25) is 5.02 Å². The van der Waals surface area contributed by atoms with Crippen molar-refractivity contribution in [2.75, 3.05) is 11.1 Å². The maximum atomic E-state index is 14.0. The highest BCUT2D eigenvalue weighted by Crippen LogP contribution is 2.24. The topological polar surface area (TPSA) is 55.1 Å². The van der Waals surface area contributed by atoms with Crippen LogP contribution >= 0.6 is 34.2 Å². The van der Waals surface area contributed by atoms with Crippen LogP contribution < -0.4 is 11.1 Å². The van der Waals surface area contributed by atoms with Crippen LogP contribution in [0.15, 0.2) is 30.3 Å². The number of nitrogen functional groups attached to an aromatic ring is 1. The summed E-state index contributed by atoms with van der Waals surface area (Å²) in [5, 5.41) is 3.22. The number of hydrogen-bond acceptors (Lipinski definition) is 2. The van der Waals surface area contributed by atoms with Crippen LogP contribution in [0, 0.1) is 16.3 Å². The van der Waals surface area contributed by atoms with Gasteiger partial charge in [-0.25, -0.2) is 4.39 Å². The average Bonchev–Trinajstić information content (AvgIpc) is 2.37. The highest BCUT2D eigenvalue weighted by molar-refractivity contribution is 14.1. The summed E-state index contributed by atoms with van der Waals surface area (Å²) < 4.78 is 14.7.